The van der Waals surface area contributed by atoms with Gasteiger partial charge in [-0.2, -0.15) is 0 Å². The normalized spacial score (nSPS) is 12.3. The number of nitrogens with one attached hydrogen (secondary N) is 3. The van der Waals surface area contributed by atoms with E-state index in [0.29, 0.717) is 0 Å². The minimum atomic E-state index is -2.91. The SMILES string of the molecule is Cc1[nH]cc[c]1[Ti]([c]1cc[nH]c1C)([c]1cc[nH]c1C)[N](C)C. The monoisotopic (exact) mass is 332 g/mol. The Morgan fingerprint density at radius 1 is 0.682 bits per heavy atom. The third kappa shape index (κ3) is 2.06. The molecule has 0 aliphatic carbocycles. The third-order valence-corrected chi connectivity index (χ3v) is 13.0. The van der Waals surface area contributed by atoms with Crippen LogP contribution in [0.5, 0.6) is 0 Å². The van der Waals surface area contributed by atoms with Gasteiger partial charge in [-0.1, -0.05) is 0 Å². The van der Waals surface area contributed by atoms with E-state index in [1.165, 1.54) is 28.7 Å². The van der Waals surface area contributed by atoms with Crippen molar-refractivity contribution >= 4 is 11.6 Å². The fraction of sp³-hybridized carbons (Fsp3) is 0.294. The van der Waals surface area contributed by atoms with Crippen molar-refractivity contribution in [1.82, 2.24) is 18.3 Å². The van der Waals surface area contributed by atoms with Gasteiger partial charge in [-0.05, 0) is 0 Å². The van der Waals surface area contributed by atoms with E-state index in [1.54, 1.807) is 0 Å². The maximum atomic E-state index is 3.39. The van der Waals surface area contributed by atoms with Crippen molar-refractivity contribution in [3.63, 3.8) is 0 Å². The van der Waals surface area contributed by atoms with Crippen molar-refractivity contribution in [3.05, 3.63) is 53.9 Å². The summed E-state index contributed by atoms with van der Waals surface area (Å²) in [7, 11) is 4.46. The van der Waals surface area contributed by atoms with E-state index in [2.05, 4.69) is 90.0 Å². The second-order valence-electron chi connectivity index (χ2n) is 6.15. The Bertz CT molecular complexity index is 680. The molecule has 0 fully saturated rings. The van der Waals surface area contributed by atoms with Gasteiger partial charge in [0, 0.05) is 0 Å². The van der Waals surface area contributed by atoms with Gasteiger partial charge in [-0.15, -0.1) is 0 Å². The molecule has 3 heterocycles. The molecule has 0 aromatic carbocycles. The van der Waals surface area contributed by atoms with Gasteiger partial charge >= 0.3 is 136 Å². The molecule has 0 atom stereocenters. The van der Waals surface area contributed by atoms with Crippen LogP contribution in [0.1, 0.15) is 17.1 Å². The van der Waals surface area contributed by atoms with Gasteiger partial charge in [0.1, 0.15) is 0 Å². The summed E-state index contributed by atoms with van der Waals surface area (Å²) in [4.78, 5) is 10.2. The van der Waals surface area contributed by atoms with E-state index in [1.807, 2.05) is 0 Å². The van der Waals surface area contributed by atoms with Gasteiger partial charge in [0.25, 0.3) is 0 Å². The van der Waals surface area contributed by atoms with Crippen molar-refractivity contribution in [2.24, 2.45) is 0 Å². The molecule has 0 aliphatic rings. The summed E-state index contributed by atoms with van der Waals surface area (Å²) < 4.78 is 6.89. The van der Waals surface area contributed by atoms with E-state index in [-0.39, 0.29) is 0 Å². The summed E-state index contributed by atoms with van der Waals surface area (Å²) >= 11 is -2.91. The Kier molecular flexibility index (Phi) is 3.93. The van der Waals surface area contributed by atoms with Crippen LogP contribution in [0.15, 0.2) is 36.8 Å². The Morgan fingerprint density at radius 3 is 1.18 bits per heavy atom. The Hall–Kier alpha value is -1.49. The summed E-state index contributed by atoms with van der Waals surface area (Å²) in [5.74, 6) is 0. The second kappa shape index (κ2) is 5.62. The average molecular weight is 332 g/mol. The molecular weight excluding hydrogens is 308 g/mol. The van der Waals surface area contributed by atoms with Crippen LogP contribution in [0.2, 0.25) is 0 Å². The molecule has 0 radical (unpaired) electrons. The van der Waals surface area contributed by atoms with Crippen molar-refractivity contribution < 1.29 is 16.8 Å². The van der Waals surface area contributed by atoms with Gasteiger partial charge in [0.2, 0.25) is 0 Å². The number of nitrogens with zero attached hydrogens (tertiary/aromatic N) is 1. The van der Waals surface area contributed by atoms with E-state index >= 15 is 0 Å². The molecule has 0 saturated heterocycles. The van der Waals surface area contributed by atoms with Crippen LogP contribution in [0.4, 0.5) is 0 Å². The number of hydrogen-bond donors (Lipinski definition) is 3. The predicted molar refractivity (Wildman–Crippen MR) is 89.2 cm³/mol. The predicted octanol–water partition coefficient (Wildman–Crippen LogP) is 1.50. The molecule has 0 saturated carbocycles. The summed E-state index contributed by atoms with van der Waals surface area (Å²) in [5, 5.41) is 0. The molecule has 3 N–H and O–H groups in total. The Balaban J connectivity index is 2.42. The first kappa shape index (κ1) is 15.4. The number of hydrogen-bond acceptors (Lipinski definition) is 1. The maximum absolute atomic E-state index is 3.39. The zero-order valence-electron chi connectivity index (χ0n) is 13.9. The summed E-state index contributed by atoms with van der Waals surface area (Å²) in [6.07, 6.45) is 6.20. The fourth-order valence-corrected chi connectivity index (χ4v) is 11.7. The molecule has 0 spiro atoms. The first-order valence-electron chi connectivity index (χ1n) is 7.60. The molecule has 0 amide bonds. The van der Waals surface area contributed by atoms with Crippen LogP contribution < -0.4 is 11.6 Å². The molecule has 116 valence electrons. The van der Waals surface area contributed by atoms with Gasteiger partial charge in [-0.3, -0.25) is 0 Å². The Morgan fingerprint density at radius 2 is 1.00 bits per heavy atom. The number of H-pyrrole nitrogens is 3. The van der Waals surface area contributed by atoms with Gasteiger partial charge in [-0.25, -0.2) is 0 Å². The molecule has 0 bridgehead atoms. The summed E-state index contributed by atoms with van der Waals surface area (Å²) in [6.45, 7) is 6.55. The average Bonchev–Trinajstić information content (AvgIpc) is 3.17. The molecule has 3 aromatic heterocycles. The number of aromatic amines is 3. The molecule has 0 aliphatic heterocycles. The van der Waals surface area contributed by atoms with Crippen LogP contribution in [-0.2, 0) is 16.8 Å². The van der Waals surface area contributed by atoms with E-state index < -0.39 is 16.8 Å². The molecule has 4 nitrogen and oxygen atoms in total. The van der Waals surface area contributed by atoms with Crippen molar-refractivity contribution in [1.29, 1.82) is 0 Å². The van der Waals surface area contributed by atoms with Crippen molar-refractivity contribution in [2.75, 3.05) is 14.1 Å². The number of aryl methyl sites for hydroxylation is 3. The first-order chi connectivity index (χ1) is 10.5. The molecule has 0 unspecified atom stereocenters. The minimum absolute atomic E-state index is 1.27. The van der Waals surface area contributed by atoms with Crippen LogP contribution in [0.25, 0.3) is 0 Å². The van der Waals surface area contributed by atoms with Crippen molar-refractivity contribution in [3.8, 4) is 0 Å². The van der Waals surface area contributed by atoms with Crippen LogP contribution in [0, 0.1) is 20.8 Å². The molecule has 5 heteroatoms. The zero-order chi connectivity index (χ0) is 15.9. The molecule has 3 aromatic rings. The zero-order valence-corrected chi connectivity index (χ0v) is 15.5. The number of rotatable bonds is 4. The van der Waals surface area contributed by atoms with Gasteiger partial charge in [0.05, 0.1) is 0 Å². The van der Waals surface area contributed by atoms with E-state index in [9.17, 15) is 0 Å². The molecule has 3 rings (SSSR count). The number of aromatic nitrogens is 3. The van der Waals surface area contributed by atoms with Crippen LogP contribution in [-0.4, -0.2) is 32.4 Å². The molecular formula is C17H24N4Ti. The molecule has 22 heavy (non-hydrogen) atoms. The second-order valence-corrected chi connectivity index (χ2v) is 12.3. The van der Waals surface area contributed by atoms with Gasteiger partial charge in [0.15, 0.2) is 0 Å². The Labute approximate surface area is 135 Å². The fourth-order valence-electron chi connectivity index (χ4n) is 3.69. The standard InChI is InChI=1S/3C5H6N.C2H6N.Ti/c3*1-5-3-2-4-6-5;1-3-2;/h3*2,4,6H,1H3;1-2H3;/q;;;-1;+1. The van der Waals surface area contributed by atoms with Crippen molar-refractivity contribution in [2.45, 2.75) is 20.8 Å². The third-order valence-electron chi connectivity index (χ3n) is 4.70. The van der Waals surface area contributed by atoms with Gasteiger partial charge < -0.3 is 0 Å². The first-order valence-corrected chi connectivity index (χ1v) is 10.6. The van der Waals surface area contributed by atoms with E-state index in [4.69, 9.17) is 0 Å². The van der Waals surface area contributed by atoms with Crippen LogP contribution in [0.3, 0.4) is 0 Å². The quantitative estimate of drug-likeness (QED) is 0.623. The topological polar surface area (TPSA) is 50.6 Å². The summed E-state index contributed by atoms with van der Waals surface area (Å²) in [6, 6.07) is 6.82. The van der Waals surface area contributed by atoms with Crippen LogP contribution >= 0.6 is 0 Å². The van der Waals surface area contributed by atoms with E-state index in [0.717, 1.165) is 0 Å². The summed E-state index contributed by atoms with van der Waals surface area (Å²) in [5.41, 5.74) is 3.82.